The maximum atomic E-state index is 12.6. The van der Waals surface area contributed by atoms with Crippen molar-refractivity contribution >= 4 is 21.7 Å². The maximum absolute atomic E-state index is 12.6. The van der Waals surface area contributed by atoms with Crippen molar-refractivity contribution in [3.05, 3.63) is 29.8 Å². The molecule has 7 nitrogen and oxygen atoms in total. The molecule has 1 aliphatic rings. The molecule has 0 bridgehead atoms. The third-order valence-electron chi connectivity index (χ3n) is 4.59. The molecule has 144 valence electrons. The number of benzene rings is 1. The number of methoxy groups -OCH3 is 1. The molecule has 0 N–H and O–H groups in total. The molecular weight excluding hydrogens is 358 g/mol. The summed E-state index contributed by atoms with van der Waals surface area (Å²) in [6.45, 7) is 3.38. The standard InChI is InChI=1S/C18H25NO6S/c1-4-13(2)19(15-8-9-26(22,23)12-15)17(20)11-25-18(21)14-6-5-7-16(10-14)24-3/h5-7,10,13,15H,4,8-9,11-12H2,1-3H3. The van der Waals surface area contributed by atoms with Gasteiger partial charge in [0.05, 0.1) is 24.2 Å². The van der Waals surface area contributed by atoms with Crippen molar-refractivity contribution in [1.82, 2.24) is 4.90 Å². The van der Waals surface area contributed by atoms with E-state index in [1.807, 2.05) is 13.8 Å². The molecule has 1 aromatic rings. The highest BCUT2D eigenvalue weighted by Crippen LogP contribution is 2.21. The zero-order chi connectivity index (χ0) is 19.3. The molecule has 0 radical (unpaired) electrons. The van der Waals surface area contributed by atoms with Crippen molar-refractivity contribution in [3.63, 3.8) is 0 Å². The lowest BCUT2D eigenvalue weighted by Crippen LogP contribution is -2.48. The molecular formula is C18H25NO6S. The number of carbonyl (C=O) groups is 2. The lowest BCUT2D eigenvalue weighted by Gasteiger charge is -2.33. The second-order valence-corrected chi connectivity index (χ2v) is 8.65. The van der Waals surface area contributed by atoms with Crippen LogP contribution in [0.25, 0.3) is 0 Å². The lowest BCUT2D eigenvalue weighted by molar-refractivity contribution is -0.138. The van der Waals surface area contributed by atoms with Crippen molar-refractivity contribution in [2.75, 3.05) is 25.2 Å². The van der Waals surface area contributed by atoms with Crippen LogP contribution in [0.4, 0.5) is 0 Å². The fourth-order valence-corrected chi connectivity index (χ4v) is 4.75. The van der Waals surface area contributed by atoms with Crippen LogP contribution < -0.4 is 4.74 Å². The zero-order valence-corrected chi connectivity index (χ0v) is 16.1. The molecule has 1 aromatic carbocycles. The van der Waals surface area contributed by atoms with Gasteiger partial charge in [-0.15, -0.1) is 0 Å². The zero-order valence-electron chi connectivity index (χ0n) is 15.3. The highest BCUT2D eigenvalue weighted by atomic mass is 32.2. The number of amides is 1. The fourth-order valence-electron chi connectivity index (χ4n) is 3.04. The van der Waals surface area contributed by atoms with Crippen LogP contribution in [0.2, 0.25) is 0 Å². The molecule has 1 fully saturated rings. The molecule has 2 unspecified atom stereocenters. The summed E-state index contributed by atoms with van der Waals surface area (Å²) in [5.41, 5.74) is 0.288. The minimum Gasteiger partial charge on any atom is -0.497 e. The minimum absolute atomic E-state index is 0.0348. The third kappa shape index (κ3) is 4.97. The van der Waals surface area contributed by atoms with Crippen LogP contribution in [0.15, 0.2) is 24.3 Å². The van der Waals surface area contributed by atoms with Crippen molar-refractivity contribution in [2.24, 2.45) is 0 Å². The number of rotatable bonds is 7. The summed E-state index contributed by atoms with van der Waals surface area (Å²) >= 11 is 0. The van der Waals surface area contributed by atoms with Crippen LogP contribution in [0.3, 0.4) is 0 Å². The van der Waals surface area contributed by atoms with E-state index in [0.717, 1.165) is 0 Å². The Morgan fingerprint density at radius 2 is 2.08 bits per heavy atom. The molecule has 2 rings (SSSR count). The number of hydrogen-bond donors (Lipinski definition) is 0. The van der Waals surface area contributed by atoms with Gasteiger partial charge in [0, 0.05) is 12.1 Å². The number of ether oxygens (including phenoxy) is 2. The normalized spacial score (nSPS) is 19.6. The molecule has 0 aromatic heterocycles. The first kappa shape index (κ1) is 20.2. The van der Waals surface area contributed by atoms with E-state index < -0.39 is 22.4 Å². The van der Waals surface area contributed by atoms with Crippen molar-refractivity contribution < 1.29 is 27.5 Å². The molecule has 0 saturated carbocycles. The minimum atomic E-state index is -3.11. The monoisotopic (exact) mass is 383 g/mol. The first-order valence-electron chi connectivity index (χ1n) is 8.60. The van der Waals surface area contributed by atoms with E-state index in [4.69, 9.17) is 9.47 Å². The van der Waals surface area contributed by atoms with Crippen LogP contribution in [0.1, 0.15) is 37.0 Å². The highest BCUT2D eigenvalue weighted by molar-refractivity contribution is 7.91. The van der Waals surface area contributed by atoms with Gasteiger partial charge in [-0.1, -0.05) is 13.0 Å². The van der Waals surface area contributed by atoms with Gasteiger partial charge in [-0.2, -0.15) is 0 Å². The summed E-state index contributed by atoms with van der Waals surface area (Å²) in [6.07, 6.45) is 1.11. The summed E-state index contributed by atoms with van der Waals surface area (Å²) < 4.78 is 33.7. The van der Waals surface area contributed by atoms with Gasteiger partial charge >= 0.3 is 5.97 Å². The predicted molar refractivity (Wildman–Crippen MR) is 96.9 cm³/mol. The van der Waals surface area contributed by atoms with Crippen molar-refractivity contribution in [3.8, 4) is 5.75 Å². The third-order valence-corrected chi connectivity index (χ3v) is 6.34. The van der Waals surface area contributed by atoms with Crippen molar-refractivity contribution in [2.45, 2.75) is 38.8 Å². The highest BCUT2D eigenvalue weighted by Gasteiger charge is 2.36. The topological polar surface area (TPSA) is 90.0 Å². The molecule has 1 aliphatic heterocycles. The predicted octanol–water partition coefficient (Wildman–Crippen LogP) is 1.67. The van der Waals surface area contributed by atoms with Gasteiger partial charge in [0.25, 0.3) is 5.91 Å². The van der Waals surface area contributed by atoms with Gasteiger partial charge in [-0.05, 0) is 38.0 Å². The maximum Gasteiger partial charge on any atom is 0.338 e. The van der Waals surface area contributed by atoms with E-state index in [1.165, 1.54) is 13.2 Å². The van der Waals surface area contributed by atoms with E-state index >= 15 is 0 Å². The largest absolute Gasteiger partial charge is 0.497 e. The van der Waals surface area contributed by atoms with E-state index in [0.29, 0.717) is 18.6 Å². The van der Waals surface area contributed by atoms with E-state index in [-0.39, 0.29) is 35.1 Å². The van der Waals surface area contributed by atoms with Gasteiger partial charge in [0.15, 0.2) is 16.4 Å². The number of nitrogens with zero attached hydrogens (tertiary/aromatic N) is 1. The first-order valence-corrected chi connectivity index (χ1v) is 10.4. The Balaban J connectivity index is 2.03. The van der Waals surface area contributed by atoms with Crippen LogP contribution >= 0.6 is 0 Å². The quantitative estimate of drug-likeness (QED) is 0.665. The van der Waals surface area contributed by atoms with Gasteiger partial charge < -0.3 is 14.4 Å². The lowest BCUT2D eigenvalue weighted by atomic mass is 10.1. The Labute approximate surface area is 154 Å². The fraction of sp³-hybridized carbons (Fsp3) is 0.556. The molecule has 1 amide bonds. The molecule has 0 spiro atoms. The van der Waals surface area contributed by atoms with Gasteiger partial charge in [-0.25, -0.2) is 13.2 Å². The summed E-state index contributed by atoms with van der Waals surface area (Å²) in [7, 11) is -1.62. The summed E-state index contributed by atoms with van der Waals surface area (Å²) in [6, 6.07) is 5.97. The second-order valence-electron chi connectivity index (χ2n) is 6.42. The smallest absolute Gasteiger partial charge is 0.338 e. The Kier molecular flexibility index (Phi) is 6.63. The van der Waals surface area contributed by atoms with E-state index in [2.05, 4.69) is 0 Å². The number of hydrogen-bond acceptors (Lipinski definition) is 6. The number of sulfone groups is 1. The Morgan fingerprint density at radius 3 is 2.65 bits per heavy atom. The molecule has 0 aliphatic carbocycles. The van der Waals surface area contributed by atoms with Crippen molar-refractivity contribution in [1.29, 1.82) is 0 Å². The molecule has 26 heavy (non-hydrogen) atoms. The SMILES string of the molecule is CCC(C)N(C(=O)COC(=O)c1cccc(OC)c1)C1CCS(=O)(=O)C1. The Morgan fingerprint density at radius 1 is 1.35 bits per heavy atom. The van der Waals surface area contributed by atoms with Crippen LogP contribution in [0.5, 0.6) is 5.75 Å². The number of carbonyl (C=O) groups excluding carboxylic acids is 2. The summed E-state index contributed by atoms with van der Waals surface area (Å²) in [4.78, 5) is 26.3. The molecule has 1 heterocycles. The molecule has 2 atom stereocenters. The average molecular weight is 383 g/mol. The molecule has 8 heteroatoms. The number of esters is 1. The second kappa shape index (κ2) is 8.53. The molecule has 1 saturated heterocycles. The van der Waals surface area contributed by atoms with Crippen LogP contribution in [-0.2, 0) is 19.4 Å². The summed E-state index contributed by atoms with van der Waals surface area (Å²) in [5.74, 6) is -0.435. The van der Waals surface area contributed by atoms with E-state index in [1.54, 1.807) is 23.1 Å². The van der Waals surface area contributed by atoms with Gasteiger partial charge in [0.1, 0.15) is 5.75 Å². The van der Waals surface area contributed by atoms with Crippen LogP contribution in [-0.4, -0.2) is 62.5 Å². The van der Waals surface area contributed by atoms with Gasteiger partial charge in [0.2, 0.25) is 0 Å². The first-order chi connectivity index (χ1) is 12.3. The van der Waals surface area contributed by atoms with E-state index in [9.17, 15) is 18.0 Å². The average Bonchev–Trinajstić information content (AvgIpc) is 2.98. The summed E-state index contributed by atoms with van der Waals surface area (Å²) in [5, 5.41) is 0. The Hall–Kier alpha value is -2.09. The Bertz CT molecular complexity index is 761. The van der Waals surface area contributed by atoms with Gasteiger partial charge in [-0.3, -0.25) is 4.79 Å². The van der Waals surface area contributed by atoms with Crippen LogP contribution in [0, 0.1) is 0 Å².